The van der Waals surface area contributed by atoms with Crippen molar-refractivity contribution >= 4 is 11.9 Å². The van der Waals surface area contributed by atoms with Crippen molar-refractivity contribution in [3.8, 4) is 0 Å². The molecule has 1 amide bonds. The molecule has 0 aliphatic rings. The molecule has 0 bridgehead atoms. The molecule has 70 heavy (non-hydrogen) atoms. The van der Waals surface area contributed by atoms with Gasteiger partial charge in [-0.15, -0.1) is 0 Å². The van der Waals surface area contributed by atoms with E-state index >= 15 is 0 Å². The molecule has 0 aliphatic carbocycles. The average Bonchev–Trinajstić information content (AvgIpc) is 3.36. The zero-order valence-electron chi connectivity index (χ0n) is 47.0. The first-order valence-corrected chi connectivity index (χ1v) is 31.2. The Morgan fingerprint density at radius 2 is 0.714 bits per heavy atom. The van der Waals surface area contributed by atoms with E-state index < -0.39 is 12.1 Å². The molecule has 2 unspecified atom stereocenters. The molecule has 0 spiro atoms. The molecule has 0 aromatic heterocycles. The molecule has 2 atom stereocenters. The van der Waals surface area contributed by atoms with Crippen molar-refractivity contribution in [2.24, 2.45) is 0 Å². The summed E-state index contributed by atoms with van der Waals surface area (Å²) in [6.07, 6.45) is 74.3. The SMILES string of the molecule is CCCCCC/C=C\C/C=C\CCCCCCCC(=O)OCCCCCCCCCC/C=C\CCCCCCCCCC(=O)NC(CO)C(O)CCCCCCCCCCCCCCCCCCCC. The maximum atomic E-state index is 12.5. The number of aliphatic hydroxyl groups is 2. The summed E-state index contributed by atoms with van der Waals surface area (Å²) < 4.78 is 5.47. The maximum Gasteiger partial charge on any atom is 0.305 e. The van der Waals surface area contributed by atoms with Gasteiger partial charge < -0.3 is 20.3 Å². The molecule has 0 aromatic carbocycles. The molecule has 0 fully saturated rings. The van der Waals surface area contributed by atoms with E-state index in [1.54, 1.807) is 0 Å². The highest BCUT2D eigenvalue weighted by Crippen LogP contribution is 2.17. The summed E-state index contributed by atoms with van der Waals surface area (Å²) in [5.74, 6) is -0.0521. The van der Waals surface area contributed by atoms with Crippen molar-refractivity contribution in [2.75, 3.05) is 13.2 Å². The molecule has 0 radical (unpaired) electrons. The van der Waals surface area contributed by atoms with Crippen LogP contribution in [0.4, 0.5) is 0 Å². The summed E-state index contributed by atoms with van der Waals surface area (Å²) in [6.45, 7) is 4.93. The number of allylic oxidation sites excluding steroid dienone is 6. The standard InChI is InChI=1S/C64H121NO5/c1-3-5-7-9-11-13-15-17-19-21-25-28-32-36-40-44-48-52-56-62(67)61(60-66)65-63(68)57-53-49-45-41-37-33-29-26-23-22-24-27-31-35-39-43-47-51-55-59-70-64(69)58-54-50-46-42-38-34-30-20-18-16-14-12-10-8-6-4-2/h14,16,20,22-23,30,61-62,66-67H,3-13,15,17-19,21,24-29,31-60H2,1-2H3,(H,65,68)/b16-14-,23-22-,30-20-. The van der Waals surface area contributed by atoms with Gasteiger partial charge in [-0.3, -0.25) is 9.59 Å². The average molecular weight is 985 g/mol. The highest BCUT2D eigenvalue weighted by atomic mass is 16.5. The van der Waals surface area contributed by atoms with Crippen molar-refractivity contribution < 1.29 is 24.5 Å². The molecule has 0 saturated carbocycles. The van der Waals surface area contributed by atoms with Crippen LogP contribution in [0.2, 0.25) is 0 Å². The van der Waals surface area contributed by atoms with Gasteiger partial charge in [0.05, 0.1) is 25.4 Å². The van der Waals surface area contributed by atoms with E-state index in [-0.39, 0.29) is 18.5 Å². The van der Waals surface area contributed by atoms with Gasteiger partial charge in [-0.2, -0.15) is 0 Å². The lowest BCUT2D eigenvalue weighted by Gasteiger charge is -2.22. The van der Waals surface area contributed by atoms with Crippen molar-refractivity contribution in [1.29, 1.82) is 0 Å². The van der Waals surface area contributed by atoms with Gasteiger partial charge in [-0.1, -0.05) is 275 Å². The van der Waals surface area contributed by atoms with Crippen LogP contribution in [0.3, 0.4) is 0 Å². The number of esters is 1. The van der Waals surface area contributed by atoms with Gasteiger partial charge in [0.25, 0.3) is 0 Å². The zero-order chi connectivity index (χ0) is 50.7. The molecule has 6 heteroatoms. The first-order valence-electron chi connectivity index (χ1n) is 31.2. The van der Waals surface area contributed by atoms with Gasteiger partial charge in [0.2, 0.25) is 5.91 Å². The summed E-state index contributed by atoms with van der Waals surface area (Å²) in [5, 5.41) is 23.3. The molecule has 0 rings (SSSR count). The molecule has 0 heterocycles. The number of hydrogen-bond donors (Lipinski definition) is 3. The van der Waals surface area contributed by atoms with Gasteiger partial charge >= 0.3 is 5.97 Å². The number of aliphatic hydroxyl groups excluding tert-OH is 2. The van der Waals surface area contributed by atoms with Gasteiger partial charge in [-0.05, 0) is 83.5 Å². The van der Waals surface area contributed by atoms with E-state index in [9.17, 15) is 19.8 Å². The van der Waals surface area contributed by atoms with E-state index in [4.69, 9.17) is 4.74 Å². The fourth-order valence-electron chi connectivity index (χ4n) is 9.61. The van der Waals surface area contributed by atoms with Crippen LogP contribution in [-0.2, 0) is 14.3 Å². The molecule has 6 nitrogen and oxygen atoms in total. The minimum atomic E-state index is -0.672. The molecule has 0 aromatic rings. The van der Waals surface area contributed by atoms with Crippen LogP contribution in [0.1, 0.15) is 335 Å². The molecule has 412 valence electrons. The summed E-state index contributed by atoms with van der Waals surface area (Å²) in [5.41, 5.74) is 0. The van der Waals surface area contributed by atoms with E-state index in [0.717, 1.165) is 57.8 Å². The minimum absolute atomic E-state index is 0.00924. The maximum absolute atomic E-state index is 12.5. The Kier molecular flexibility index (Phi) is 58.0. The third kappa shape index (κ3) is 55.4. The van der Waals surface area contributed by atoms with Crippen molar-refractivity contribution in [3.05, 3.63) is 36.5 Å². The van der Waals surface area contributed by atoms with Crippen molar-refractivity contribution in [3.63, 3.8) is 0 Å². The largest absolute Gasteiger partial charge is 0.466 e. The first-order chi connectivity index (χ1) is 34.5. The quantitative estimate of drug-likeness (QED) is 0.0321. The van der Waals surface area contributed by atoms with Gasteiger partial charge in [-0.25, -0.2) is 0 Å². The zero-order valence-corrected chi connectivity index (χ0v) is 47.0. The highest BCUT2D eigenvalue weighted by Gasteiger charge is 2.20. The summed E-state index contributed by atoms with van der Waals surface area (Å²) in [4.78, 5) is 24.6. The van der Waals surface area contributed by atoms with Crippen LogP contribution in [0.15, 0.2) is 36.5 Å². The lowest BCUT2D eigenvalue weighted by atomic mass is 10.0. The summed E-state index contributed by atoms with van der Waals surface area (Å²) >= 11 is 0. The monoisotopic (exact) mass is 984 g/mol. The number of ether oxygens (including phenoxy) is 1. The van der Waals surface area contributed by atoms with E-state index in [0.29, 0.717) is 25.9 Å². The van der Waals surface area contributed by atoms with E-state index in [2.05, 4.69) is 55.6 Å². The van der Waals surface area contributed by atoms with Crippen LogP contribution in [0, 0.1) is 0 Å². The third-order valence-corrected chi connectivity index (χ3v) is 14.4. The van der Waals surface area contributed by atoms with Crippen LogP contribution < -0.4 is 5.32 Å². The number of carbonyl (C=O) groups is 2. The summed E-state index contributed by atoms with van der Waals surface area (Å²) in [6, 6.07) is -0.550. The Bertz CT molecular complexity index is 1130. The first kappa shape index (κ1) is 68.1. The topological polar surface area (TPSA) is 95.9 Å². The van der Waals surface area contributed by atoms with Crippen molar-refractivity contribution in [2.45, 2.75) is 347 Å². The lowest BCUT2D eigenvalue weighted by molar-refractivity contribution is -0.143. The van der Waals surface area contributed by atoms with Crippen LogP contribution in [0.5, 0.6) is 0 Å². The number of amides is 1. The number of nitrogens with one attached hydrogen (secondary N) is 1. The Morgan fingerprint density at radius 1 is 0.400 bits per heavy atom. The second kappa shape index (κ2) is 59.6. The third-order valence-electron chi connectivity index (χ3n) is 14.4. The van der Waals surface area contributed by atoms with Gasteiger partial charge in [0.1, 0.15) is 0 Å². The normalized spacial score (nSPS) is 12.8. The second-order valence-corrected chi connectivity index (χ2v) is 21.4. The Labute approximate surface area is 436 Å². The Hall–Kier alpha value is -1.92. The molecular formula is C64H121NO5. The number of rotatable bonds is 58. The van der Waals surface area contributed by atoms with Gasteiger partial charge in [0.15, 0.2) is 0 Å². The molecule has 0 aliphatic heterocycles. The summed E-state index contributed by atoms with van der Waals surface area (Å²) in [7, 11) is 0. The van der Waals surface area contributed by atoms with Crippen LogP contribution in [0.25, 0.3) is 0 Å². The van der Waals surface area contributed by atoms with Gasteiger partial charge in [0, 0.05) is 12.8 Å². The Balaban J connectivity index is 3.45. The van der Waals surface area contributed by atoms with Crippen molar-refractivity contribution in [1.82, 2.24) is 5.32 Å². The number of unbranched alkanes of at least 4 members (excludes halogenated alkanes) is 41. The Morgan fingerprint density at radius 3 is 1.11 bits per heavy atom. The highest BCUT2D eigenvalue weighted by molar-refractivity contribution is 5.76. The van der Waals surface area contributed by atoms with Crippen LogP contribution >= 0.6 is 0 Å². The number of hydrogen-bond acceptors (Lipinski definition) is 5. The lowest BCUT2D eigenvalue weighted by Crippen LogP contribution is -2.45. The van der Waals surface area contributed by atoms with E-state index in [1.165, 1.54) is 244 Å². The molecule has 3 N–H and O–H groups in total. The van der Waals surface area contributed by atoms with E-state index in [1.807, 2.05) is 0 Å². The predicted molar refractivity (Wildman–Crippen MR) is 306 cm³/mol. The predicted octanol–water partition coefficient (Wildman–Crippen LogP) is 19.6. The second-order valence-electron chi connectivity index (χ2n) is 21.4. The minimum Gasteiger partial charge on any atom is -0.466 e. The number of carbonyl (C=O) groups excluding carboxylic acids is 2. The van der Waals surface area contributed by atoms with Crippen LogP contribution in [-0.4, -0.2) is 47.4 Å². The molecular weight excluding hydrogens is 863 g/mol. The smallest absolute Gasteiger partial charge is 0.305 e. The fourth-order valence-corrected chi connectivity index (χ4v) is 9.61. The fraction of sp³-hybridized carbons (Fsp3) is 0.875. The molecule has 0 saturated heterocycles.